The average molecular weight is 425 g/mol. The smallest absolute Gasteiger partial charge is 0.188 e. The molecule has 0 saturated heterocycles. The maximum Gasteiger partial charge on any atom is 0.188 e. The Morgan fingerprint density at radius 3 is 2.74 bits per heavy atom. The van der Waals surface area contributed by atoms with Gasteiger partial charge in [0.15, 0.2) is 5.96 Å². The standard InChI is InChI=1S/C17H23N5.HI/c18-17(19-9-14-7-4-8-14)20-10-16-11-21-22(13-16)12-15-5-2-1-3-6-15;/h1-3,5-6,11,13-14H,4,7-10,12H2,(H3,18,19,20);1H. The molecule has 3 rings (SSSR count). The second-order valence-electron chi connectivity index (χ2n) is 5.91. The number of nitrogens with two attached hydrogens (primary N) is 1. The maximum atomic E-state index is 5.89. The van der Waals surface area contributed by atoms with Crippen molar-refractivity contribution in [3.05, 3.63) is 53.9 Å². The molecule has 0 atom stereocenters. The Bertz CT molecular complexity index is 619. The van der Waals surface area contributed by atoms with Crippen molar-refractivity contribution in [2.75, 3.05) is 6.54 Å². The molecular weight excluding hydrogens is 401 g/mol. The lowest BCUT2D eigenvalue weighted by Crippen LogP contribution is -2.37. The summed E-state index contributed by atoms with van der Waals surface area (Å²) in [5.74, 6) is 1.31. The molecule has 23 heavy (non-hydrogen) atoms. The number of aromatic nitrogens is 2. The summed E-state index contributed by atoms with van der Waals surface area (Å²) in [7, 11) is 0. The Balaban J connectivity index is 0.00000192. The van der Waals surface area contributed by atoms with Crippen LogP contribution in [0.5, 0.6) is 0 Å². The zero-order valence-corrected chi connectivity index (χ0v) is 15.5. The van der Waals surface area contributed by atoms with Crippen LogP contribution in [0.1, 0.15) is 30.4 Å². The first-order chi connectivity index (χ1) is 10.8. The number of hydrogen-bond acceptors (Lipinski definition) is 2. The lowest BCUT2D eigenvalue weighted by molar-refractivity contribution is 0.315. The third-order valence-corrected chi connectivity index (χ3v) is 4.10. The largest absolute Gasteiger partial charge is 0.370 e. The van der Waals surface area contributed by atoms with Crippen LogP contribution in [0.15, 0.2) is 47.7 Å². The van der Waals surface area contributed by atoms with Crippen LogP contribution in [0, 0.1) is 5.92 Å². The van der Waals surface area contributed by atoms with Crippen molar-refractivity contribution in [2.45, 2.75) is 32.4 Å². The van der Waals surface area contributed by atoms with Gasteiger partial charge in [0.2, 0.25) is 0 Å². The van der Waals surface area contributed by atoms with E-state index in [1.54, 1.807) is 0 Å². The van der Waals surface area contributed by atoms with Crippen molar-refractivity contribution >= 4 is 29.9 Å². The number of nitrogens with one attached hydrogen (secondary N) is 1. The van der Waals surface area contributed by atoms with Crippen molar-refractivity contribution < 1.29 is 0 Å². The molecular formula is C17H24IN5. The Hall–Kier alpha value is -1.57. The summed E-state index contributed by atoms with van der Waals surface area (Å²) in [4.78, 5) is 4.38. The van der Waals surface area contributed by atoms with Gasteiger partial charge in [0.1, 0.15) is 0 Å². The average Bonchev–Trinajstić information content (AvgIpc) is 2.92. The van der Waals surface area contributed by atoms with Crippen molar-refractivity contribution in [2.24, 2.45) is 16.6 Å². The normalized spacial score (nSPS) is 14.9. The number of aliphatic imine (C=N–C) groups is 1. The summed E-state index contributed by atoms with van der Waals surface area (Å²) in [6.45, 7) is 2.29. The van der Waals surface area contributed by atoms with Crippen molar-refractivity contribution in [3.63, 3.8) is 0 Å². The Morgan fingerprint density at radius 1 is 1.26 bits per heavy atom. The maximum absolute atomic E-state index is 5.89. The molecule has 0 aliphatic heterocycles. The van der Waals surface area contributed by atoms with Crippen molar-refractivity contribution in [1.29, 1.82) is 0 Å². The van der Waals surface area contributed by atoms with E-state index in [1.807, 2.05) is 35.3 Å². The fourth-order valence-corrected chi connectivity index (χ4v) is 2.52. The minimum absolute atomic E-state index is 0. The fraction of sp³-hybridized carbons (Fsp3) is 0.412. The van der Waals surface area contributed by atoms with Gasteiger partial charge in [0, 0.05) is 18.3 Å². The first kappa shape index (κ1) is 17.8. The Morgan fingerprint density at radius 2 is 2.04 bits per heavy atom. The molecule has 1 fully saturated rings. The minimum Gasteiger partial charge on any atom is -0.370 e. The first-order valence-electron chi connectivity index (χ1n) is 7.88. The van der Waals surface area contributed by atoms with Gasteiger partial charge in [-0.05, 0) is 24.3 Å². The van der Waals surface area contributed by atoms with Crippen LogP contribution in [0.2, 0.25) is 0 Å². The number of halogens is 1. The molecule has 1 aromatic carbocycles. The van der Waals surface area contributed by atoms with Gasteiger partial charge in [0.05, 0.1) is 19.3 Å². The molecule has 6 heteroatoms. The summed E-state index contributed by atoms with van der Waals surface area (Å²) < 4.78 is 1.93. The van der Waals surface area contributed by atoms with Gasteiger partial charge in [-0.1, -0.05) is 36.8 Å². The summed E-state index contributed by atoms with van der Waals surface area (Å²) >= 11 is 0. The van der Waals surface area contributed by atoms with E-state index in [9.17, 15) is 0 Å². The highest BCUT2D eigenvalue weighted by Gasteiger charge is 2.16. The van der Waals surface area contributed by atoms with Gasteiger partial charge in [0.25, 0.3) is 0 Å². The van der Waals surface area contributed by atoms with E-state index in [2.05, 4.69) is 27.5 Å². The topological polar surface area (TPSA) is 68.2 Å². The Labute approximate surface area is 154 Å². The molecule has 1 aliphatic carbocycles. The molecule has 1 saturated carbocycles. The lowest BCUT2D eigenvalue weighted by Gasteiger charge is -2.25. The van der Waals surface area contributed by atoms with Crippen LogP contribution >= 0.6 is 24.0 Å². The molecule has 1 heterocycles. The van der Waals surface area contributed by atoms with Gasteiger partial charge in [-0.25, -0.2) is 4.99 Å². The monoisotopic (exact) mass is 425 g/mol. The molecule has 0 amide bonds. The molecule has 124 valence electrons. The van der Waals surface area contributed by atoms with Gasteiger partial charge in [-0.2, -0.15) is 5.10 Å². The molecule has 0 spiro atoms. The van der Waals surface area contributed by atoms with E-state index in [-0.39, 0.29) is 24.0 Å². The van der Waals surface area contributed by atoms with Crippen LogP contribution in [-0.4, -0.2) is 22.3 Å². The van der Waals surface area contributed by atoms with Crippen LogP contribution in [0.3, 0.4) is 0 Å². The number of guanidine groups is 1. The number of rotatable bonds is 6. The zero-order chi connectivity index (χ0) is 15.2. The third kappa shape index (κ3) is 5.53. The molecule has 0 unspecified atom stereocenters. The highest BCUT2D eigenvalue weighted by molar-refractivity contribution is 14.0. The molecule has 1 aromatic heterocycles. The molecule has 0 bridgehead atoms. The second-order valence-corrected chi connectivity index (χ2v) is 5.91. The van der Waals surface area contributed by atoms with E-state index >= 15 is 0 Å². The Kier molecular flexibility index (Phi) is 6.88. The van der Waals surface area contributed by atoms with Crippen LogP contribution < -0.4 is 11.1 Å². The van der Waals surface area contributed by atoms with E-state index in [0.29, 0.717) is 12.5 Å². The second kappa shape index (κ2) is 8.90. The van der Waals surface area contributed by atoms with E-state index in [0.717, 1.165) is 24.6 Å². The fourth-order valence-electron chi connectivity index (χ4n) is 2.52. The molecule has 1 aliphatic rings. The molecule has 2 aromatic rings. The van der Waals surface area contributed by atoms with Crippen LogP contribution in [-0.2, 0) is 13.1 Å². The highest BCUT2D eigenvalue weighted by atomic mass is 127. The highest BCUT2D eigenvalue weighted by Crippen LogP contribution is 2.24. The summed E-state index contributed by atoms with van der Waals surface area (Å²) in [5, 5.41) is 7.57. The SMILES string of the molecule is I.NC(=NCc1cnn(Cc2ccccc2)c1)NCC1CCC1. The van der Waals surface area contributed by atoms with Gasteiger partial charge < -0.3 is 11.1 Å². The molecule has 5 nitrogen and oxygen atoms in total. The van der Waals surface area contributed by atoms with Crippen molar-refractivity contribution in [3.8, 4) is 0 Å². The third-order valence-electron chi connectivity index (χ3n) is 4.10. The number of hydrogen-bond donors (Lipinski definition) is 2. The predicted molar refractivity (Wildman–Crippen MR) is 104 cm³/mol. The summed E-state index contributed by atoms with van der Waals surface area (Å²) in [6, 6.07) is 10.3. The number of nitrogens with zero attached hydrogens (tertiary/aromatic N) is 3. The minimum atomic E-state index is 0. The molecule has 3 N–H and O–H groups in total. The summed E-state index contributed by atoms with van der Waals surface area (Å²) in [5.41, 5.74) is 8.20. The first-order valence-corrected chi connectivity index (χ1v) is 7.88. The van der Waals surface area contributed by atoms with Gasteiger partial charge in [-0.3, -0.25) is 4.68 Å². The van der Waals surface area contributed by atoms with E-state index < -0.39 is 0 Å². The summed E-state index contributed by atoms with van der Waals surface area (Å²) in [6.07, 6.45) is 7.85. The zero-order valence-electron chi connectivity index (χ0n) is 13.2. The van der Waals surface area contributed by atoms with Crippen LogP contribution in [0.4, 0.5) is 0 Å². The quantitative estimate of drug-likeness (QED) is 0.425. The van der Waals surface area contributed by atoms with Gasteiger partial charge in [-0.15, -0.1) is 24.0 Å². The van der Waals surface area contributed by atoms with Crippen LogP contribution in [0.25, 0.3) is 0 Å². The van der Waals surface area contributed by atoms with Crippen molar-refractivity contribution in [1.82, 2.24) is 15.1 Å². The van der Waals surface area contributed by atoms with Gasteiger partial charge >= 0.3 is 0 Å². The van der Waals surface area contributed by atoms with E-state index in [4.69, 9.17) is 5.73 Å². The van der Waals surface area contributed by atoms with E-state index in [1.165, 1.54) is 24.8 Å². The number of benzene rings is 1. The predicted octanol–water partition coefficient (Wildman–Crippen LogP) is 2.75. The lowest BCUT2D eigenvalue weighted by atomic mass is 9.85. The molecule has 0 radical (unpaired) electrons.